The number of rotatable bonds is 5. The Balaban J connectivity index is 2.05. The van der Waals surface area contributed by atoms with E-state index in [2.05, 4.69) is 10.5 Å². The summed E-state index contributed by atoms with van der Waals surface area (Å²) < 4.78 is 0. The molecule has 0 bridgehead atoms. The highest BCUT2D eigenvalue weighted by atomic mass is 35.5. The second kappa shape index (κ2) is 7.77. The molecule has 0 aliphatic carbocycles. The SMILES string of the molecule is N#C/C(=N/Nc1ccc(Cl)cc1)C(=O)/C=C/c1ccccc1. The molecular formula is C17H12ClN3O. The van der Waals surface area contributed by atoms with Gasteiger partial charge in [-0.1, -0.05) is 48.0 Å². The van der Waals surface area contributed by atoms with E-state index in [4.69, 9.17) is 16.9 Å². The van der Waals surface area contributed by atoms with Crippen LogP contribution in [0.5, 0.6) is 0 Å². The molecule has 0 unspecified atom stereocenters. The quantitative estimate of drug-likeness (QED) is 0.517. The summed E-state index contributed by atoms with van der Waals surface area (Å²) in [6.45, 7) is 0. The van der Waals surface area contributed by atoms with Gasteiger partial charge in [0.05, 0.1) is 5.69 Å². The Bertz CT molecular complexity index is 744. The number of nitrogens with one attached hydrogen (secondary N) is 1. The van der Waals surface area contributed by atoms with Crippen LogP contribution in [-0.4, -0.2) is 11.5 Å². The highest BCUT2D eigenvalue weighted by Gasteiger charge is 2.07. The topological polar surface area (TPSA) is 65.2 Å². The van der Waals surface area contributed by atoms with Crippen LogP contribution in [0.3, 0.4) is 0 Å². The normalized spacial score (nSPS) is 11.2. The number of carbonyl (C=O) groups is 1. The van der Waals surface area contributed by atoms with Crippen molar-refractivity contribution in [2.24, 2.45) is 5.10 Å². The van der Waals surface area contributed by atoms with Crippen LogP contribution in [0, 0.1) is 11.3 Å². The molecule has 0 atom stereocenters. The minimum Gasteiger partial charge on any atom is -0.287 e. The van der Waals surface area contributed by atoms with Crippen molar-refractivity contribution in [3.05, 3.63) is 71.3 Å². The number of hydrogen-bond donors (Lipinski definition) is 1. The molecule has 0 heterocycles. The minimum atomic E-state index is -0.465. The third-order valence-electron chi connectivity index (χ3n) is 2.71. The smallest absolute Gasteiger partial charge is 0.216 e. The predicted octanol–water partition coefficient (Wildman–Crippen LogP) is 3.91. The Morgan fingerprint density at radius 3 is 2.45 bits per heavy atom. The second-order valence-corrected chi connectivity index (χ2v) is 4.74. The van der Waals surface area contributed by atoms with Gasteiger partial charge in [0.15, 0.2) is 0 Å². The van der Waals surface area contributed by atoms with E-state index >= 15 is 0 Å². The number of ketones is 1. The first kappa shape index (κ1) is 15.5. The van der Waals surface area contributed by atoms with Gasteiger partial charge in [-0.2, -0.15) is 10.4 Å². The van der Waals surface area contributed by atoms with Crippen LogP contribution in [0.1, 0.15) is 5.56 Å². The summed E-state index contributed by atoms with van der Waals surface area (Å²) in [7, 11) is 0. The second-order valence-electron chi connectivity index (χ2n) is 4.30. The average Bonchev–Trinajstić information content (AvgIpc) is 2.56. The van der Waals surface area contributed by atoms with Crippen LogP contribution in [0.15, 0.2) is 65.8 Å². The fourth-order valence-electron chi connectivity index (χ4n) is 1.60. The number of halogens is 1. The Kier molecular flexibility index (Phi) is 5.47. The molecule has 1 N–H and O–H groups in total. The molecule has 2 aromatic carbocycles. The molecule has 22 heavy (non-hydrogen) atoms. The summed E-state index contributed by atoms with van der Waals surface area (Å²) in [5.74, 6) is -0.465. The number of nitriles is 1. The summed E-state index contributed by atoms with van der Waals surface area (Å²) in [6.07, 6.45) is 2.96. The van der Waals surface area contributed by atoms with Gasteiger partial charge in [0, 0.05) is 5.02 Å². The maximum Gasteiger partial charge on any atom is 0.216 e. The molecule has 0 spiro atoms. The summed E-state index contributed by atoms with van der Waals surface area (Å²) in [4.78, 5) is 11.9. The van der Waals surface area contributed by atoms with Gasteiger partial charge in [0.2, 0.25) is 11.5 Å². The van der Waals surface area contributed by atoms with Crippen molar-refractivity contribution < 1.29 is 4.79 Å². The fraction of sp³-hybridized carbons (Fsp3) is 0. The van der Waals surface area contributed by atoms with Gasteiger partial charge in [-0.05, 0) is 35.9 Å². The average molecular weight is 310 g/mol. The van der Waals surface area contributed by atoms with E-state index in [0.717, 1.165) is 5.56 Å². The fourth-order valence-corrected chi connectivity index (χ4v) is 1.72. The Hall–Kier alpha value is -2.90. The number of nitrogens with zero attached hydrogens (tertiary/aromatic N) is 2. The van der Waals surface area contributed by atoms with Crippen molar-refractivity contribution >= 4 is 34.9 Å². The van der Waals surface area contributed by atoms with Gasteiger partial charge in [0.25, 0.3) is 0 Å². The zero-order valence-electron chi connectivity index (χ0n) is 11.5. The number of benzene rings is 2. The van der Waals surface area contributed by atoms with E-state index in [1.54, 1.807) is 36.4 Å². The van der Waals surface area contributed by atoms with Gasteiger partial charge in [0.1, 0.15) is 6.07 Å². The Labute approximate surface area is 133 Å². The van der Waals surface area contributed by atoms with Crippen LogP contribution in [-0.2, 0) is 4.79 Å². The van der Waals surface area contributed by atoms with E-state index in [-0.39, 0.29) is 5.71 Å². The van der Waals surface area contributed by atoms with Crippen LogP contribution in [0.25, 0.3) is 6.08 Å². The van der Waals surface area contributed by atoms with Crippen molar-refractivity contribution in [1.29, 1.82) is 5.26 Å². The van der Waals surface area contributed by atoms with Crippen LogP contribution in [0.2, 0.25) is 5.02 Å². The molecule has 2 rings (SSSR count). The number of hydrogen-bond acceptors (Lipinski definition) is 4. The van der Waals surface area contributed by atoms with E-state index in [9.17, 15) is 4.79 Å². The predicted molar refractivity (Wildman–Crippen MR) is 88.6 cm³/mol. The molecule has 0 saturated carbocycles. The summed E-state index contributed by atoms with van der Waals surface area (Å²) in [6, 6.07) is 17.9. The monoisotopic (exact) mass is 309 g/mol. The van der Waals surface area contributed by atoms with Gasteiger partial charge in [-0.15, -0.1) is 0 Å². The maximum atomic E-state index is 11.9. The van der Waals surface area contributed by atoms with E-state index < -0.39 is 5.78 Å². The maximum absolute atomic E-state index is 11.9. The largest absolute Gasteiger partial charge is 0.287 e. The lowest BCUT2D eigenvalue weighted by Gasteiger charge is -2.00. The van der Waals surface area contributed by atoms with Crippen molar-refractivity contribution in [3.8, 4) is 6.07 Å². The zero-order chi connectivity index (χ0) is 15.8. The standard InChI is InChI=1S/C17H12ClN3O/c18-14-7-9-15(10-8-14)20-21-16(12-19)17(22)11-6-13-4-2-1-3-5-13/h1-11,20H/b11-6+,21-16-. The molecule has 0 aliphatic heterocycles. The number of carbonyl (C=O) groups excluding carboxylic acids is 1. The third-order valence-corrected chi connectivity index (χ3v) is 2.96. The summed E-state index contributed by atoms with van der Waals surface area (Å²) in [5, 5.41) is 13.4. The lowest BCUT2D eigenvalue weighted by atomic mass is 10.1. The first-order valence-electron chi connectivity index (χ1n) is 6.46. The molecule has 2 aromatic rings. The molecule has 0 radical (unpaired) electrons. The van der Waals surface area contributed by atoms with Crippen LogP contribution >= 0.6 is 11.6 Å². The molecule has 0 aliphatic rings. The lowest BCUT2D eigenvalue weighted by molar-refractivity contribution is -0.108. The highest BCUT2D eigenvalue weighted by Crippen LogP contribution is 2.13. The lowest BCUT2D eigenvalue weighted by Crippen LogP contribution is -2.10. The number of anilines is 1. The Morgan fingerprint density at radius 2 is 1.82 bits per heavy atom. The molecular weight excluding hydrogens is 298 g/mol. The number of hydrazone groups is 1. The van der Waals surface area contributed by atoms with Crippen molar-refractivity contribution in [2.45, 2.75) is 0 Å². The molecule has 0 amide bonds. The zero-order valence-corrected chi connectivity index (χ0v) is 12.3. The highest BCUT2D eigenvalue weighted by molar-refractivity contribution is 6.50. The molecule has 0 aromatic heterocycles. The molecule has 5 heteroatoms. The third kappa shape index (κ3) is 4.58. The molecule has 0 fully saturated rings. The van der Waals surface area contributed by atoms with Crippen molar-refractivity contribution in [3.63, 3.8) is 0 Å². The van der Waals surface area contributed by atoms with Crippen molar-refractivity contribution in [1.82, 2.24) is 0 Å². The molecule has 108 valence electrons. The summed E-state index contributed by atoms with van der Waals surface area (Å²) >= 11 is 5.77. The van der Waals surface area contributed by atoms with Gasteiger partial charge in [-0.3, -0.25) is 10.2 Å². The molecule has 4 nitrogen and oxygen atoms in total. The van der Waals surface area contributed by atoms with E-state index in [1.807, 2.05) is 30.3 Å². The molecule has 0 saturated heterocycles. The van der Waals surface area contributed by atoms with Gasteiger partial charge < -0.3 is 0 Å². The van der Waals surface area contributed by atoms with Crippen LogP contribution in [0.4, 0.5) is 5.69 Å². The van der Waals surface area contributed by atoms with Gasteiger partial charge >= 0.3 is 0 Å². The minimum absolute atomic E-state index is 0.220. The van der Waals surface area contributed by atoms with Crippen molar-refractivity contribution in [2.75, 3.05) is 5.43 Å². The Morgan fingerprint density at radius 1 is 1.14 bits per heavy atom. The van der Waals surface area contributed by atoms with Gasteiger partial charge in [-0.25, -0.2) is 0 Å². The first-order valence-corrected chi connectivity index (χ1v) is 6.83. The van der Waals surface area contributed by atoms with E-state index in [0.29, 0.717) is 10.7 Å². The number of allylic oxidation sites excluding steroid dienone is 1. The van der Waals surface area contributed by atoms with Crippen LogP contribution < -0.4 is 5.43 Å². The summed E-state index contributed by atoms with van der Waals surface area (Å²) in [5.41, 5.74) is 3.94. The van der Waals surface area contributed by atoms with E-state index in [1.165, 1.54) is 6.08 Å². The first-order chi connectivity index (χ1) is 10.7.